The molecule has 0 aliphatic heterocycles. The number of carbonyl (C=O) groups is 2. The van der Waals surface area contributed by atoms with E-state index in [0.29, 0.717) is 19.4 Å². The fourth-order valence-electron chi connectivity index (χ4n) is 6.65. The minimum Gasteiger partial charge on any atom is -0.462 e. The highest BCUT2D eigenvalue weighted by molar-refractivity contribution is 5.70. The first-order valence-corrected chi connectivity index (χ1v) is 23.1. The molecule has 0 spiro atoms. The SMILES string of the molecule is CCCCCCCCCCCCCCCCCC(=O)OCC(COC(C)(C)COC(C)(C)C)OC(=O)CCCCCCCCCCCCCCCCC. The highest BCUT2D eigenvalue weighted by Crippen LogP contribution is 2.19. The van der Waals surface area contributed by atoms with Crippen LogP contribution in [0.2, 0.25) is 0 Å². The van der Waals surface area contributed by atoms with E-state index in [0.717, 1.165) is 32.1 Å². The van der Waals surface area contributed by atoms with Gasteiger partial charge < -0.3 is 18.9 Å². The second kappa shape index (κ2) is 36.5. The average Bonchev–Trinajstić information content (AvgIpc) is 3.11. The molecule has 53 heavy (non-hydrogen) atoms. The van der Waals surface area contributed by atoms with Gasteiger partial charge in [0.1, 0.15) is 6.61 Å². The van der Waals surface area contributed by atoms with Crippen LogP contribution in [0.5, 0.6) is 0 Å². The molecule has 6 heteroatoms. The second-order valence-corrected chi connectivity index (χ2v) is 17.7. The van der Waals surface area contributed by atoms with Gasteiger partial charge >= 0.3 is 11.9 Å². The lowest BCUT2D eigenvalue weighted by atomic mass is 10.0. The van der Waals surface area contributed by atoms with Crippen molar-refractivity contribution in [3.8, 4) is 0 Å². The molecule has 0 aromatic rings. The first-order chi connectivity index (χ1) is 25.5. The van der Waals surface area contributed by atoms with Gasteiger partial charge in [0, 0.05) is 12.8 Å². The van der Waals surface area contributed by atoms with Crippen LogP contribution in [0, 0.1) is 0 Å². The van der Waals surface area contributed by atoms with Crippen molar-refractivity contribution in [1.29, 1.82) is 0 Å². The number of rotatable bonds is 40. The van der Waals surface area contributed by atoms with Crippen LogP contribution in [-0.2, 0) is 28.5 Å². The van der Waals surface area contributed by atoms with Gasteiger partial charge in [0.2, 0.25) is 0 Å². The topological polar surface area (TPSA) is 71.1 Å². The predicted octanol–water partition coefficient (Wildman–Crippen LogP) is 14.6. The zero-order chi connectivity index (χ0) is 39.3. The Morgan fingerprint density at radius 3 is 1.08 bits per heavy atom. The van der Waals surface area contributed by atoms with Crippen LogP contribution in [0.25, 0.3) is 0 Å². The summed E-state index contributed by atoms with van der Waals surface area (Å²) in [7, 11) is 0. The van der Waals surface area contributed by atoms with Crippen LogP contribution >= 0.6 is 0 Å². The van der Waals surface area contributed by atoms with Crippen LogP contribution in [-0.4, -0.2) is 49.1 Å². The molecule has 0 heterocycles. The number of hydrogen-bond donors (Lipinski definition) is 0. The largest absolute Gasteiger partial charge is 0.462 e. The molecule has 1 unspecified atom stereocenters. The molecule has 6 nitrogen and oxygen atoms in total. The molecule has 0 saturated heterocycles. The highest BCUT2D eigenvalue weighted by Gasteiger charge is 2.26. The van der Waals surface area contributed by atoms with Crippen molar-refractivity contribution < 1.29 is 28.5 Å². The Morgan fingerprint density at radius 2 is 0.736 bits per heavy atom. The van der Waals surface area contributed by atoms with Gasteiger partial charge in [-0.25, -0.2) is 0 Å². The fraction of sp³-hybridized carbons (Fsp3) is 0.957. The first-order valence-electron chi connectivity index (χ1n) is 23.1. The molecule has 0 aliphatic rings. The van der Waals surface area contributed by atoms with Crippen molar-refractivity contribution >= 4 is 11.9 Å². The summed E-state index contributed by atoms with van der Waals surface area (Å²) in [5.74, 6) is -0.464. The standard InChI is InChI=1S/C47H92O6/c1-8-10-12-14-16-18-20-22-24-26-28-30-32-34-36-38-44(48)50-40-43(41-51-47(6,7)42-52-46(3,4)5)53-45(49)39-37-35-33-31-29-27-25-23-21-19-17-15-13-11-9-2/h43H,8-42H2,1-7H3. The van der Waals surface area contributed by atoms with Crippen LogP contribution in [0.15, 0.2) is 0 Å². The third-order valence-electron chi connectivity index (χ3n) is 10.2. The maximum atomic E-state index is 12.8. The quantitative estimate of drug-likeness (QED) is 0.0458. The molecule has 0 rings (SSSR count). The van der Waals surface area contributed by atoms with E-state index >= 15 is 0 Å². The Kier molecular flexibility index (Phi) is 35.7. The van der Waals surface area contributed by atoms with E-state index in [2.05, 4.69) is 13.8 Å². The van der Waals surface area contributed by atoms with Crippen molar-refractivity contribution in [2.75, 3.05) is 19.8 Å². The van der Waals surface area contributed by atoms with Gasteiger partial charge in [-0.2, -0.15) is 0 Å². The molecule has 0 saturated carbocycles. The fourth-order valence-corrected chi connectivity index (χ4v) is 6.65. The lowest BCUT2D eigenvalue weighted by Gasteiger charge is -2.31. The molecule has 316 valence electrons. The molecule has 0 N–H and O–H groups in total. The van der Waals surface area contributed by atoms with Gasteiger partial charge in [-0.1, -0.05) is 194 Å². The molecule has 0 fully saturated rings. The average molecular weight is 753 g/mol. The molecule has 1 atom stereocenters. The summed E-state index contributed by atoms with van der Waals surface area (Å²) in [4.78, 5) is 25.4. The summed E-state index contributed by atoms with van der Waals surface area (Å²) < 4.78 is 23.5. The van der Waals surface area contributed by atoms with E-state index in [1.54, 1.807) is 0 Å². The Labute approximate surface area is 330 Å². The minimum atomic E-state index is -0.627. The first kappa shape index (κ1) is 51.9. The summed E-state index contributed by atoms with van der Waals surface area (Å²) in [6, 6.07) is 0. The zero-order valence-electron chi connectivity index (χ0n) is 36.8. The number of esters is 2. The lowest BCUT2D eigenvalue weighted by molar-refractivity contribution is -0.172. The summed E-state index contributed by atoms with van der Waals surface area (Å²) >= 11 is 0. The van der Waals surface area contributed by atoms with Gasteiger partial charge in [-0.3, -0.25) is 9.59 Å². The van der Waals surface area contributed by atoms with Crippen molar-refractivity contribution in [2.24, 2.45) is 0 Å². The van der Waals surface area contributed by atoms with Crippen LogP contribution in [0.3, 0.4) is 0 Å². The van der Waals surface area contributed by atoms with Gasteiger partial charge in [-0.05, 0) is 47.5 Å². The molecule has 0 bridgehead atoms. The summed E-state index contributed by atoms with van der Waals surface area (Å²) in [5, 5.41) is 0. The van der Waals surface area contributed by atoms with E-state index in [1.165, 1.54) is 161 Å². The van der Waals surface area contributed by atoms with E-state index in [-0.39, 0.29) is 30.8 Å². The molecule has 0 aromatic heterocycles. The smallest absolute Gasteiger partial charge is 0.306 e. The molecular weight excluding hydrogens is 661 g/mol. The van der Waals surface area contributed by atoms with Crippen LogP contribution in [0.1, 0.15) is 254 Å². The Balaban J connectivity index is 4.25. The van der Waals surface area contributed by atoms with Crippen molar-refractivity contribution in [3.05, 3.63) is 0 Å². The minimum absolute atomic E-state index is 0.0262. The maximum Gasteiger partial charge on any atom is 0.306 e. The Hall–Kier alpha value is -1.14. The number of unbranched alkanes of at least 4 members (excludes halogenated alkanes) is 28. The van der Waals surface area contributed by atoms with Crippen molar-refractivity contribution in [2.45, 2.75) is 271 Å². The van der Waals surface area contributed by atoms with Crippen molar-refractivity contribution in [3.63, 3.8) is 0 Å². The second-order valence-electron chi connectivity index (χ2n) is 17.7. The van der Waals surface area contributed by atoms with Crippen LogP contribution in [0.4, 0.5) is 0 Å². The van der Waals surface area contributed by atoms with Crippen LogP contribution < -0.4 is 0 Å². The summed E-state index contributed by atoms with van der Waals surface area (Å²) in [6.45, 7) is 15.1. The van der Waals surface area contributed by atoms with Gasteiger partial charge in [0.05, 0.1) is 24.4 Å². The third-order valence-corrected chi connectivity index (χ3v) is 10.2. The summed E-state index contributed by atoms with van der Waals surface area (Å²) in [5.41, 5.74) is -0.841. The maximum absolute atomic E-state index is 12.8. The predicted molar refractivity (Wildman–Crippen MR) is 226 cm³/mol. The van der Waals surface area contributed by atoms with Gasteiger partial charge in [0.15, 0.2) is 6.10 Å². The lowest BCUT2D eigenvalue weighted by Crippen LogP contribution is -2.39. The molecule has 0 aromatic carbocycles. The molecule has 0 aliphatic carbocycles. The Morgan fingerprint density at radius 1 is 0.415 bits per heavy atom. The monoisotopic (exact) mass is 753 g/mol. The third kappa shape index (κ3) is 40.3. The van der Waals surface area contributed by atoms with E-state index in [9.17, 15) is 9.59 Å². The number of ether oxygens (including phenoxy) is 4. The normalized spacial score (nSPS) is 12.7. The molecular formula is C47H92O6. The zero-order valence-corrected chi connectivity index (χ0v) is 36.8. The van der Waals surface area contributed by atoms with E-state index in [4.69, 9.17) is 18.9 Å². The number of hydrogen-bond acceptors (Lipinski definition) is 6. The van der Waals surface area contributed by atoms with Crippen molar-refractivity contribution in [1.82, 2.24) is 0 Å². The van der Waals surface area contributed by atoms with Gasteiger partial charge in [0.25, 0.3) is 0 Å². The highest BCUT2D eigenvalue weighted by atomic mass is 16.6. The van der Waals surface area contributed by atoms with E-state index in [1.807, 2.05) is 34.6 Å². The van der Waals surface area contributed by atoms with E-state index < -0.39 is 11.7 Å². The number of carbonyl (C=O) groups excluding carboxylic acids is 2. The Bertz CT molecular complexity index is 803. The molecule has 0 radical (unpaired) electrons. The molecule has 0 amide bonds. The summed E-state index contributed by atoms with van der Waals surface area (Å²) in [6.07, 6.45) is 38.9. The van der Waals surface area contributed by atoms with Gasteiger partial charge in [-0.15, -0.1) is 0 Å².